The third-order valence-electron chi connectivity index (χ3n) is 5.71. The molecule has 0 saturated carbocycles. The molecule has 0 aliphatic carbocycles. The van der Waals surface area contributed by atoms with Gasteiger partial charge in [0.1, 0.15) is 5.75 Å². The molecular weight excluding hydrogens is 437 g/mol. The molecule has 2 heterocycles. The minimum Gasteiger partial charge on any atom is -0.494 e. The molecule has 0 aromatic heterocycles. The number of nitrogens with one attached hydrogen (secondary N) is 2. The lowest BCUT2D eigenvalue weighted by Gasteiger charge is -2.29. The zero-order valence-electron chi connectivity index (χ0n) is 17.8. The number of benzene rings is 2. The minimum absolute atomic E-state index is 0. The molecule has 8 heteroatoms. The average molecular weight is 468 g/mol. The molecule has 2 aliphatic heterocycles. The van der Waals surface area contributed by atoms with E-state index < -0.39 is 0 Å². The number of hydrogen-bond donors (Lipinski definition) is 2. The minimum atomic E-state index is -0.128. The highest BCUT2D eigenvalue weighted by molar-refractivity contribution is 6.05. The highest BCUT2D eigenvalue weighted by Gasteiger charge is 2.17. The maximum absolute atomic E-state index is 12.7. The number of morpholine rings is 1. The summed E-state index contributed by atoms with van der Waals surface area (Å²) in [5.74, 6) is 1.23. The number of methoxy groups -OCH3 is 1. The van der Waals surface area contributed by atoms with Crippen LogP contribution in [0.4, 0.5) is 11.4 Å². The van der Waals surface area contributed by atoms with Crippen LogP contribution in [0.5, 0.6) is 5.75 Å². The third-order valence-corrected chi connectivity index (χ3v) is 5.71. The Balaban J connectivity index is 0.00000171. The van der Waals surface area contributed by atoms with E-state index in [0.29, 0.717) is 22.9 Å². The summed E-state index contributed by atoms with van der Waals surface area (Å²) in [6.45, 7) is 5.37. The molecule has 2 aromatic rings. The Kier molecular flexibility index (Phi) is 9.91. The van der Waals surface area contributed by atoms with Crippen molar-refractivity contribution in [3.05, 3.63) is 53.6 Å². The quantitative estimate of drug-likeness (QED) is 0.676. The molecule has 0 bridgehead atoms. The number of amides is 1. The molecule has 0 radical (unpaired) electrons. The number of nitrogens with zero attached hydrogens (tertiary/aromatic N) is 1. The Labute approximate surface area is 196 Å². The van der Waals surface area contributed by atoms with Crippen molar-refractivity contribution in [2.24, 2.45) is 5.92 Å². The van der Waals surface area contributed by atoms with E-state index in [1.54, 1.807) is 7.11 Å². The van der Waals surface area contributed by atoms with Crippen LogP contribution in [0.1, 0.15) is 22.3 Å². The van der Waals surface area contributed by atoms with Crippen LogP contribution in [-0.2, 0) is 11.2 Å². The Morgan fingerprint density at radius 1 is 1.16 bits per heavy atom. The summed E-state index contributed by atoms with van der Waals surface area (Å²) < 4.78 is 10.9. The van der Waals surface area contributed by atoms with E-state index in [-0.39, 0.29) is 30.7 Å². The molecule has 1 unspecified atom stereocenters. The lowest BCUT2D eigenvalue weighted by Crippen LogP contribution is -2.36. The van der Waals surface area contributed by atoms with Gasteiger partial charge in [0.2, 0.25) is 0 Å². The highest BCUT2D eigenvalue weighted by atomic mass is 35.5. The average Bonchev–Trinajstić information content (AvgIpc) is 3.28. The summed E-state index contributed by atoms with van der Waals surface area (Å²) in [5.41, 5.74) is 3.69. The molecule has 6 nitrogen and oxygen atoms in total. The first kappa shape index (κ1) is 25.3. The van der Waals surface area contributed by atoms with Crippen LogP contribution >= 0.6 is 24.8 Å². The van der Waals surface area contributed by atoms with Crippen LogP contribution in [0.2, 0.25) is 0 Å². The summed E-state index contributed by atoms with van der Waals surface area (Å²) in [6, 6.07) is 13.8. The largest absolute Gasteiger partial charge is 0.494 e. The van der Waals surface area contributed by atoms with Gasteiger partial charge in [0, 0.05) is 30.4 Å². The fourth-order valence-electron chi connectivity index (χ4n) is 4.01. The summed E-state index contributed by atoms with van der Waals surface area (Å²) in [7, 11) is 1.63. The van der Waals surface area contributed by atoms with Crippen LogP contribution in [0.25, 0.3) is 0 Å². The number of carbonyl (C=O) groups excluding carboxylic acids is 1. The topological polar surface area (TPSA) is 62.8 Å². The lowest BCUT2D eigenvalue weighted by molar-refractivity contribution is 0.102. The van der Waals surface area contributed by atoms with Crippen molar-refractivity contribution in [1.82, 2.24) is 5.32 Å². The predicted molar refractivity (Wildman–Crippen MR) is 130 cm³/mol. The molecule has 1 atom stereocenters. The molecule has 0 spiro atoms. The SMILES string of the molecule is COc1cc(N2CCOCC2)ccc1NC(=O)c1ccc(CC2CCNC2)cc1.Cl.Cl. The Hall–Kier alpha value is -1.99. The first-order chi connectivity index (χ1) is 14.2. The fourth-order valence-corrected chi connectivity index (χ4v) is 4.01. The van der Waals surface area contributed by atoms with E-state index in [1.807, 2.05) is 30.3 Å². The van der Waals surface area contributed by atoms with Crippen molar-refractivity contribution >= 4 is 42.1 Å². The summed E-state index contributed by atoms with van der Waals surface area (Å²) in [5, 5.41) is 6.38. The lowest BCUT2D eigenvalue weighted by atomic mass is 9.98. The predicted octanol–water partition coefficient (Wildman–Crippen LogP) is 3.78. The zero-order chi connectivity index (χ0) is 20.1. The molecular formula is C23H31Cl2N3O3. The number of ether oxygens (including phenoxy) is 2. The van der Waals surface area contributed by atoms with Crippen LogP contribution < -0.4 is 20.3 Å². The van der Waals surface area contributed by atoms with E-state index in [0.717, 1.165) is 51.5 Å². The molecule has 2 aliphatic rings. The van der Waals surface area contributed by atoms with Gasteiger partial charge >= 0.3 is 0 Å². The van der Waals surface area contributed by atoms with E-state index in [9.17, 15) is 4.79 Å². The maximum atomic E-state index is 12.7. The second-order valence-corrected chi connectivity index (χ2v) is 7.70. The van der Waals surface area contributed by atoms with Gasteiger partial charge in [-0.2, -0.15) is 0 Å². The van der Waals surface area contributed by atoms with Crippen molar-refractivity contribution in [3.63, 3.8) is 0 Å². The highest BCUT2D eigenvalue weighted by Crippen LogP contribution is 2.30. The number of rotatable bonds is 6. The van der Waals surface area contributed by atoms with E-state index >= 15 is 0 Å². The maximum Gasteiger partial charge on any atom is 0.255 e. The summed E-state index contributed by atoms with van der Waals surface area (Å²) in [6.07, 6.45) is 2.29. The fraction of sp³-hybridized carbons (Fsp3) is 0.435. The normalized spacial score (nSPS) is 18.0. The Morgan fingerprint density at radius 3 is 2.55 bits per heavy atom. The van der Waals surface area contributed by atoms with E-state index in [4.69, 9.17) is 9.47 Å². The smallest absolute Gasteiger partial charge is 0.255 e. The summed E-state index contributed by atoms with van der Waals surface area (Å²) >= 11 is 0. The molecule has 4 rings (SSSR count). The van der Waals surface area contributed by atoms with Gasteiger partial charge in [0.05, 0.1) is 26.0 Å². The molecule has 2 saturated heterocycles. The number of hydrogen-bond acceptors (Lipinski definition) is 5. The zero-order valence-corrected chi connectivity index (χ0v) is 19.4. The first-order valence-corrected chi connectivity index (χ1v) is 10.3. The monoisotopic (exact) mass is 467 g/mol. The van der Waals surface area contributed by atoms with Crippen LogP contribution in [0.3, 0.4) is 0 Å². The van der Waals surface area contributed by atoms with Crippen molar-refractivity contribution in [2.75, 3.05) is 56.7 Å². The van der Waals surface area contributed by atoms with Gasteiger partial charge < -0.3 is 25.0 Å². The Bertz CT molecular complexity index is 836. The van der Waals surface area contributed by atoms with Crippen molar-refractivity contribution in [3.8, 4) is 5.75 Å². The van der Waals surface area contributed by atoms with Gasteiger partial charge in [-0.25, -0.2) is 0 Å². The van der Waals surface area contributed by atoms with E-state index in [1.165, 1.54) is 12.0 Å². The van der Waals surface area contributed by atoms with Gasteiger partial charge in [-0.1, -0.05) is 12.1 Å². The molecule has 2 fully saturated rings. The van der Waals surface area contributed by atoms with Gasteiger partial charge in [0.15, 0.2) is 0 Å². The van der Waals surface area contributed by atoms with Crippen LogP contribution in [0, 0.1) is 5.92 Å². The molecule has 31 heavy (non-hydrogen) atoms. The molecule has 2 N–H and O–H groups in total. The van der Waals surface area contributed by atoms with Gasteiger partial charge in [-0.05, 0) is 61.7 Å². The molecule has 170 valence electrons. The number of carbonyl (C=O) groups is 1. The van der Waals surface area contributed by atoms with Crippen molar-refractivity contribution < 1.29 is 14.3 Å². The van der Waals surface area contributed by atoms with Gasteiger partial charge in [0.25, 0.3) is 5.91 Å². The second-order valence-electron chi connectivity index (χ2n) is 7.70. The summed E-state index contributed by atoms with van der Waals surface area (Å²) in [4.78, 5) is 15.0. The third kappa shape index (κ3) is 6.50. The van der Waals surface area contributed by atoms with Gasteiger partial charge in [-0.15, -0.1) is 24.8 Å². The van der Waals surface area contributed by atoms with Crippen LogP contribution in [-0.4, -0.2) is 52.4 Å². The van der Waals surface area contributed by atoms with Gasteiger partial charge in [-0.3, -0.25) is 4.79 Å². The van der Waals surface area contributed by atoms with E-state index in [2.05, 4.69) is 27.7 Å². The van der Waals surface area contributed by atoms with Crippen LogP contribution in [0.15, 0.2) is 42.5 Å². The molecule has 2 aromatic carbocycles. The van der Waals surface area contributed by atoms with Crippen molar-refractivity contribution in [2.45, 2.75) is 12.8 Å². The Morgan fingerprint density at radius 2 is 1.90 bits per heavy atom. The number of halogens is 2. The first-order valence-electron chi connectivity index (χ1n) is 10.3. The number of anilines is 2. The molecule has 1 amide bonds. The standard InChI is InChI=1S/C23H29N3O3.2ClH/c1-28-22-15-20(26-10-12-29-13-11-26)6-7-21(22)25-23(27)19-4-2-17(3-5-19)14-18-8-9-24-16-18;;/h2-7,15,18,24H,8-14,16H2,1H3,(H,25,27);2*1H. The van der Waals surface area contributed by atoms with Crippen molar-refractivity contribution in [1.29, 1.82) is 0 Å². The second kappa shape index (κ2) is 12.2.